The average Bonchev–Trinajstić information content (AvgIpc) is 3.01. The first-order valence-corrected chi connectivity index (χ1v) is 13.8. The normalized spacial score (nSPS) is 12.1. The maximum Gasteiger partial charge on any atom is 0.123 e. The predicted molar refractivity (Wildman–Crippen MR) is 162 cm³/mol. The SMILES string of the molecule is Fc1ccc(-c2ccc(N3c4ccc(-c5ccccc5)cc4Sc4cc(-c5ccccc5)ccc43)cc2)cc1. The van der Waals surface area contributed by atoms with Crippen LogP contribution in [0.4, 0.5) is 21.5 Å². The van der Waals surface area contributed by atoms with Gasteiger partial charge in [-0.25, -0.2) is 4.39 Å². The van der Waals surface area contributed by atoms with Crippen molar-refractivity contribution in [2.24, 2.45) is 0 Å². The fourth-order valence-electron chi connectivity index (χ4n) is 5.15. The highest BCUT2D eigenvalue weighted by molar-refractivity contribution is 7.99. The van der Waals surface area contributed by atoms with Crippen LogP contribution in [0.15, 0.2) is 155 Å². The van der Waals surface area contributed by atoms with E-state index >= 15 is 0 Å². The Balaban J connectivity index is 1.34. The number of rotatable bonds is 4. The zero-order valence-electron chi connectivity index (χ0n) is 21.1. The van der Waals surface area contributed by atoms with E-state index in [4.69, 9.17) is 0 Å². The summed E-state index contributed by atoms with van der Waals surface area (Å²) < 4.78 is 13.5. The minimum atomic E-state index is -0.223. The first-order chi connectivity index (χ1) is 19.2. The van der Waals surface area contributed by atoms with Crippen LogP contribution in [0.25, 0.3) is 33.4 Å². The van der Waals surface area contributed by atoms with E-state index in [2.05, 4.69) is 126 Å². The summed E-state index contributed by atoms with van der Waals surface area (Å²) in [6.07, 6.45) is 0. The van der Waals surface area contributed by atoms with Gasteiger partial charge in [0, 0.05) is 15.5 Å². The molecule has 0 amide bonds. The first kappa shape index (κ1) is 23.5. The molecule has 0 aliphatic carbocycles. The van der Waals surface area contributed by atoms with Crippen LogP contribution < -0.4 is 4.90 Å². The van der Waals surface area contributed by atoms with Gasteiger partial charge >= 0.3 is 0 Å². The lowest BCUT2D eigenvalue weighted by Crippen LogP contribution is -2.15. The lowest BCUT2D eigenvalue weighted by molar-refractivity contribution is 0.628. The molecule has 1 heterocycles. The number of benzene rings is 6. The second kappa shape index (κ2) is 9.94. The molecule has 39 heavy (non-hydrogen) atoms. The van der Waals surface area contributed by atoms with Crippen LogP contribution >= 0.6 is 11.8 Å². The Morgan fingerprint density at radius 2 is 0.821 bits per heavy atom. The average molecular weight is 522 g/mol. The van der Waals surface area contributed by atoms with Crippen LogP contribution in [0.3, 0.4) is 0 Å². The van der Waals surface area contributed by atoms with Crippen molar-refractivity contribution in [1.82, 2.24) is 0 Å². The fourth-order valence-corrected chi connectivity index (χ4v) is 6.29. The molecule has 1 nitrogen and oxygen atoms in total. The van der Waals surface area contributed by atoms with Crippen molar-refractivity contribution in [1.29, 1.82) is 0 Å². The minimum absolute atomic E-state index is 0.223. The van der Waals surface area contributed by atoms with Crippen molar-refractivity contribution in [3.8, 4) is 33.4 Å². The Labute approximate surface area is 232 Å². The molecule has 186 valence electrons. The highest BCUT2D eigenvalue weighted by Gasteiger charge is 2.26. The van der Waals surface area contributed by atoms with Gasteiger partial charge in [0.25, 0.3) is 0 Å². The predicted octanol–water partition coefficient (Wildman–Crippen LogP) is 10.8. The molecule has 7 rings (SSSR count). The number of anilines is 3. The van der Waals surface area contributed by atoms with E-state index in [1.165, 1.54) is 44.2 Å². The molecule has 3 heteroatoms. The van der Waals surface area contributed by atoms with Crippen molar-refractivity contribution >= 4 is 28.8 Å². The van der Waals surface area contributed by atoms with E-state index in [0.29, 0.717) is 0 Å². The minimum Gasteiger partial charge on any atom is -0.308 e. The van der Waals surface area contributed by atoms with Crippen LogP contribution in [-0.4, -0.2) is 0 Å². The lowest BCUT2D eigenvalue weighted by Gasteiger charge is -2.33. The van der Waals surface area contributed by atoms with Crippen molar-refractivity contribution < 1.29 is 4.39 Å². The lowest BCUT2D eigenvalue weighted by atomic mass is 10.0. The molecule has 1 aliphatic heterocycles. The van der Waals surface area contributed by atoms with Crippen LogP contribution in [0.2, 0.25) is 0 Å². The quantitative estimate of drug-likeness (QED) is 0.227. The molecule has 0 saturated carbocycles. The van der Waals surface area contributed by atoms with Crippen LogP contribution in [0.1, 0.15) is 0 Å². The molecule has 0 aromatic heterocycles. The molecule has 6 aromatic carbocycles. The molecule has 6 aromatic rings. The topological polar surface area (TPSA) is 3.24 Å². The monoisotopic (exact) mass is 521 g/mol. The number of hydrogen-bond acceptors (Lipinski definition) is 2. The molecule has 0 bridgehead atoms. The van der Waals surface area contributed by atoms with E-state index in [0.717, 1.165) is 28.2 Å². The smallest absolute Gasteiger partial charge is 0.123 e. The Morgan fingerprint density at radius 3 is 1.31 bits per heavy atom. The van der Waals surface area contributed by atoms with Gasteiger partial charge < -0.3 is 4.90 Å². The molecule has 0 atom stereocenters. The molecule has 0 radical (unpaired) electrons. The van der Waals surface area contributed by atoms with Crippen LogP contribution in [-0.2, 0) is 0 Å². The maximum absolute atomic E-state index is 13.5. The summed E-state index contributed by atoms with van der Waals surface area (Å²) >= 11 is 1.82. The Kier molecular flexibility index (Phi) is 5.99. The molecular weight excluding hydrogens is 497 g/mol. The van der Waals surface area contributed by atoms with E-state index in [-0.39, 0.29) is 5.82 Å². The summed E-state index contributed by atoms with van der Waals surface area (Å²) in [7, 11) is 0. The fraction of sp³-hybridized carbons (Fsp3) is 0. The van der Waals surface area contributed by atoms with Crippen molar-refractivity contribution in [2.75, 3.05) is 4.90 Å². The third-order valence-corrected chi connectivity index (χ3v) is 8.23. The van der Waals surface area contributed by atoms with Crippen LogP contribution in [0.5, 0.6) is 0 Å². The van der Waals surface area contributed by atoms with Gasteiger partial charge in [-0.1, -0.05) is 109 Å². The van der Waals surface area contributed by atoms with Gasteiger partial charge in [0.15, 0.2) is 0 Å². The molecule has 0 spiro atoms. The zero-order chi connectivity index (χ0) is 26.2. The van der Waals surface area contributed by atoms with E-state index in [9.17, 15) is 4.39 Å². The number of nitrogens with zero attached hydrogens (tertiary/aromatic N) is 1. The highest BCUT2D eigenvalue weighted by Crippen LogP contribution is 2.53. The Bertz CT molecular complexity index is 1670. The van der Waals surface area contributed by atoms with E-state index in [1.807, 2.05) is 23.9 Å². The first-order valence-electron chi connectivity index (χ1n) is 13.0. The molecule has 0 N–H and O–H groups in total. The number of fused-ring (bicyclic) bond motifs is 2. The summed E-state index contributed by atoms with van der Waals surface area (Å²) in [5.41, 5.74) is 10.3. The second-order valence-corrected chi connectivity index (χ2v) is 10.7. The van der Waals surface area contributed by atoms with Crippen molar-refractivity contribution in [3.63, 3.8) is 0 Å². The Morgan fingerprint density at radius 1 is 0.410 bits per heavy atom. The van der Waals surface area contributed by atoms with Gasteiger partial charge in [-0.2, -0.15) is 0 Å². The maximum atomic E-state index is 13.5. The second-order valence-electron chi connectivity index (χ2n) is 9.59. The third kappa shape index (κ3) is 4.52. The van der Waals surface area contributed by atoms with E-state index < -0.39 is 0 Å². The van der Waals surface area contributed by atoms with Crippen LogP contribution in [0, 0.1) is 5.82 Å². The van der Waals surface area contributed by atoms with Crippen molar-refractivity contribution in [3.05, 3.63) is 151 Å². The standard InChI is InChI=1S/C36H24FNS/c37-31-17-11-27(12-18-31)28-13-19-32(20-14-28)38-33-21-15-29(25-7-3-1-4-8-25)23-35(33)39-36-24-30(16-22-34(36)38)26-9-5-2-6-10-26/h1-24H. The summed E-state index contributed by atoms with van der Waals surface area (Å²) in [5.74, 6) is -0.223. The molecule has 1 aliphatic rings. The number of hydrogen-bond donors (Lipinski definition) is 0. The molecule has 0 unspecified atom stereocenters. The van der Waals surface area contributed by atoms with Gasteiger partial charge in [0.05, 0.1) is 11.4 Å². The number of halogens is 1. The van der Waals surface area contributed by atoms with Crippen molar-refractivity contribution in [2.45, 2.75) is 9.79 Å². The summed E-state index contributed by atoms with van der Waals surface area (Å²) in [6, 6.07) is 49.7. The molecule has 0 fully saturated rings. The summed E-state index contributed by atoms with van der Waals surface area (Å²) in [6.45, 7) is 0. The molecular formula is C36H24FNS. The Hall–Kier alpha value is -4.60. The largest absolute Gasteiger partial charge is 0.308 e. The summed E-state index contributed by atoms with van der Waals surface area (Å²) in [5, 5.41) is 0. The van der Waals surface area contributed by atoms with E-state index in [1.54, 1.807) is 0 Å². The van der Waals surface area contributed by atoms with Gasteiger partial charge in [-0.05, 0) is 81.9 Å². The van der Waals surface area contributed by atoms with Gasteiger partial charge in [0.1, 0.15) is 5.82 Å². The zero-order valence-corrected chi connectivity index (χ0v) is 21.9. The molecule has 0 saturated heterocycles. The highest BCUT2D eigenvalue weighted by atomic mass is 32.2. The van der Waals surface area contributed by atoms with Gasteiger partial charge in [-0.3, -0.25) is 0 Å². The third-order valence-electron chi connectivity index (χ3n) is 7.14. The van der Waals surface area contributed by atoms with Gasteiger partial charge in [0.2, 0.25) is 0 Å². The van der Waals surface area contributed by atoms with Gasteiger partial charge in [-0.15, -0.1) is 0 Å². The summed E-state index contributed by atoms with van der Waals surface area (Å²) in [4.78, 5) is 4.78.